The second-order valence-corrected chi connectivity index (χ2v) is 11.7. The van der Waals surface area contributed by atoms with Gasteiger partial charge < -0.3 is 25.9 Å². The zero-order valence-corrected chi connectivity index (χ0v) is 24.2. The number of nitrogen functional groups attached to an aromatic ring is 1. The van der Waals surface area contributed by atoms with Crippen LogP contribution in [0.5, 0.6) is 0 Å². The molecular formula is C26H20F4N6O7S2. The molecule has 0 bridgehead atoms. The topological polar surface area (TPSA) is 185 Å². The average Bonchev–Trinajstić information content (AvgIpc) is 3.55. The molecule has 0 aliphatic carbocycles. The molecule has 0 unspecified atom stereocenters. The van der Waals surface area contributed by atoms with E-state index in [0.717, 1.165) is 33.4 Å². The number of aliphatic carboxylic acids is 1. The highest BCUT2D eigenvalue weighted by Crippen LogP contribution is 2.41. The number of hydrogen-bond donors (Lipinski definition) is 3. The minimum atomic E-state index is -5.41. The number of allylic oxidation sites excluding steroid dienone is 1. The summed E-state index contributed by atoms with van der Waals surface area (Å²) in [6, 6.07) is 4.44. The van der Waals surface area contributed by atoms with Crippen LogP contribution in [-0.2, 0) is 35.4 Å². The number of carbonyl (C=O) groups excluding carboxylic acids is 4. The Balaban J connectivity index is 1.33. The van der Waals surface area contributed by atoms with E-state index in [9.17, 15) is 46.6 Å². The van der Waals surface area contributed by atoms with Crippen LogP contribution >= 0.6 is 23.1 Å². The molecule has 0 radical (unpaired) electrons. The quantitative estimate of drug-likeness (QED) is 0.0936. The zero-order chi connectivity index (χ0) is 32.6. The van der Waals surface area contributed by atoms with Crippen LogP contribution in [0.1, 0.15) is 17.7 Å². The van der Waals surface area contributed by atoms with Crippen LogP contribution in [-0.4, -0.2) is 85.2 Å². The third kappa shape index (κ3) is 6.53. The Morgan fingerprint density at radius 1 is 1.27 bits per heavy atom. The Morgan fingerprint density at radius 3 is 2.67 bits per heavy atom. The lowest BCUT2D eigenvalue weighted by Gasteiger charge is -2.49. The molecule has 2 fully saturated rings. The van der Waals surface area contributed by atoms with Gasteiger partial charge >= 0.3 is 18.1 Å². The number of benzene rings is 1. The molecule has 2 aromatic rings. The Labute approximate surface area is 258 Å². The number of thioether (sulfide) groups is 1. The maximum absolute atomic E-state index is 13.6. The van der Waals surface area contributed by atoms with E-state index in [0.29, 0.717) is 17.7 Å². The predicted molar refractivity (Wildman–Crippen MR) is 149 cm³/mol. The van der Waals surface area contributed by atoms with E-state index in [1.54, 1.807) is 6.07 Å². The van der Waals surface area contributed by atoms with Gasteiger partial charge in [0.1, 0.15) is 28.6 Å². The molecule has 3 amide bonds. The number of oxime groups is 1. The number of nitrogens with zero attached hydrogens (tertiary/aromatic N) is 4. The SMILES string of the molecule is Nc1nc(/C(=N/OC(=O)C(F)(F)F)C(=O)N[C@@H]2C(=O)N3C(C(=O)O)=C(/C=C4\CCN(Cc5cccc(F)c5)C4=O)CS[C@H]23)cs1. The number of rotatable bonds is 8. The van der Waals surface area contributed by atoms with Crippen molar-refractivity contribution in [3.05, 3.63) is 69.6 Å². The van der Waals surface area contributed by atoms with Gasteiger partial charge in [-0.05, 0) is 35.8 Å². The van der Waals surface area contributed by atoms with Crippen molar-refractivity contribution in [2.75, 3.05) is 18.0 Å². The number of fused-ring (bicyclic) bond motifs is 1. The molecule has 2 saturated heterocycles. The summed E-state index contributed by atoms with van der Waals surface area (Å²) in [4.78, 5) is 72.5. The smallest absolute Gasteiger partial charge is 0.477 e. The number of likely N-dealkylation sites (tertiary alicyclic amines) is 1. The summed E-state index contributed by atoms with van der Waals surface area (Å²) in [6.07, 6.45) is -3.72. The first kappa shape index (κ1) is 31.6. The predicted octanol–water partition coefficient (Wildman–Crippen LogP) is 1.77. The highest BCUT2D eigenvalue weighted by molar-refractivity contribution is 8.00. The molecule has 5 rings (SSSR count). The number of nitrogens with two attached hydrogens (primary N) is 1. The summed E-state index contributed by atoms with van der Waals surface area (Å²) in [7, 11) is 0. The monoisotopic (exact) mass is 668 g/mol. The minimum absolute atomic E-state index is 0.0237. The lowest BCUT2D eigenvalue weighted by Crippen LogP contribution is -2.71. The minimum Gasteiger partial charge on any atom is -0.477 e. The average molecular weight is 669 g/mol. The number of amides is 3. The number of halogens is 4. The highest BCUT2D eigenvalue weighted by Gasteiger charge is 2.54. The number of nitrogens with one attached hydrogen (secondary N) is 1. The summed E-state index contributed by atoms with van der Waals surface area (Å²) < 4.78 is 51.4. The lowest BCUT2D eigenvalue weighted by atomic mass is 10.0. The Hall–Kier alpha value is -4.78. The summed E-state index contributed by atoms with van der Waals surface area (Å²) in [5, 5.41) is 15.4. The fourth-order valence-electron chi connectivity index (χ4n) is 4.72. The van der Waals surface area contributed by atoms with Gasteiger partial charge in [-0.2, -0.15) is 13.2 Å². The number of carbonyl (C=O) groups is 5. The van der Waals surface area contributed by atoms with E-state index >= 15 is 0 Å². The Morgan fingerprint density at radius 2 is 2.02 bits per heavy atom. The van der Waals surface area contributed by atoms with Crippen molar-refractivity contribution < 1.29 is 51.5 Å². The van der Waals surface area contributed by atoms with Gasteiger partial charge in [0.2, 0.25) is 5.91 Å². The summed E-state index contributed by atoms with van der Waals surface area (Å²) in [5.74, 6) is -7.07. The maximum atomic E-state index is 13.6. The highest BCUT2D eigenvalue weighted by atomic mass is 32.2. The van der Waals surface area contributed by atoms with Crippen molar-refractivity contribution >= 4 is 63.6 Å². The van der Waals surface area contributed by atoms with Crippen molar-refractivity contribution in [3.8, 4) is 0 Å². The van der Waals surface area contributed by atoms with E-state index in [2.05, 4.69) is 20.3 Å². The van der Waals surface area contributed by atoms with Gasteiger partial charge in [-0.3, -0.25) is 19.3 Å². The van der Waals surface area contributed by atoms with Crippen LogP contribution in [0.2, 0.25) is 0 Å². The van der Waals surface area contributed by atoms with E-state index in [-0.39, 0.29) is 41.0 Å². The molecule has 1 aromatic carbocycles. The third-order valence-electron chi connectivity index (χ3n) is 6.74. The van der Waals surface area contributed by atoms with Crippen LogP contribution in [0, 0.1) is 5.82 Å². The summed E-state index contributed by atoms with van der Waals surface area (Å²) in [5.41, 5.74) is 4.96. The molecule has 4 heterocycles. The van der Waals surface area contributed by atoms with Gasteiger partial charge in [-0.25, -0.2) is 19.0 Å². The zero-order valence-electron chi connectivity index (χ0n) is 22.5. The molecule has 4 N–H and O–H groups in total. The van der Waals surface area contributed by atoms with Gasteiger partial charge in [-0.15, -0.1) is 23.1 Å². The molecule has 236 valence electrons. The molecular weight excluding hydrogens is 648 g/mol. The number of anilines is 1. The number of hydrogen-bond acceptors (Lipinski definition) is 11. The van der Waals surface area contributed by atoms with E-state index in [1.807, 2.05) is 0 Å². The number of carboxylic acid groups (broad SMARTS) is 1. The van der Waals surface area contributed by atoms with Crippen molar-refractivity contribution in [1.82, 2.24) is 20.1 Å². The molecule has 0 saturated carbocycles. The molecule has 19 heteroatoms. The Bertz CT molecular complexity index is 1710. The standard InChI is InChI=1S/C26H20F4N6O7S2/c27-14-3-1-2-11(6-14)8-35-5-4-12(20(35)38)7-13-9-44-22-17(21(39)36(22)18(13)23(40)41)33-19(37)16(15-10-45-25(31)32-15)34-43-24(42)26(28,29)30/h1-3,6-7,10,17,22H,4-5,8-9H2,(H2,31,32)(H,33,37)(H,40,41)/b12-7+,34-16-/t17-,22-/m1/s1. The Kier molecular flexibility index (Phi) is 8.66. The largest absolute Gasteiger partial charge is 0.493 e. The van der Waals surface area contributed by atoms with E-state index < -0.39 is 58.6 Å². The first-order valence-corrected chi connectivity index (χ1v) is 14.7. The first-order valence-electron chi connectivity index (χ1n) is 12.8. The number of alkyl halides is 3. The lowest BCUT2D eigenvalue weighted by molar-refractivity contribution is -0.199. The van der Waals surface area contributed by atoms with Gasteiger partial charge in [0.05, 0.1) is 0 Å². The normalized spacial score (nSPS) is 21.2. The van der Waals surface area contributed by atoms with Crippen molar-refractivity contribution in [3.63, 3.8) is 0 Å². The van der Waals surface area contributed by atoms with Crippen molar-refractivity contribution in [2.45, 2.75) is 30.6 Å². The van der Waals surface area contributed by atoms with Crippen LogP contribution in [0.15, 0.2) is 57.7 Å². The first-order chi connectivity index (χ1) is 21.2. The van der Waals surface area contributed by atoms with Gasteiger partial charge in [0.25, 0.3) is 11.8 Å². The van der Waals surface area contributed by atoms with Crippen LogP contribution in [0.3, 0.4) is 0 Å². The molecule has 0 spiro atoms. The molecule has 2 atom stereocenters. The number of β-lactam (4-membered cyclic amide) rings is 1. The van der Waals surface area contributed by atoms with Gasteiger partial charge in [0, 0.05) is 29.8 Å². The van der Waals surface area contributed by atoms with Gasteiger partial charge in [-0.1, -0.05) is 17.3 Å². The number of thiazole rings is 1. The van der Waals surface area contributed by atoms with Crippen LogP contribution < -0.4 is 11.1 Å². The second-order valence-electron chi connectivity index (χ2n) is 9.70. The molecule has 45 heavy (non-hydrogen) atoms. The second kappa shape index (κ2) is 12.3. The summed E-state index contributed by atoms with van der Waals surface area (Å²) in [6.45, 7) is 0.464. The van der Waals surface area contributed by atoms with Crippen LogP contribution in [0.4, 0.5) is 22.7 Å². The molecule has 13 nitrogen and oxygen atoms in total. The number of aromatic nitrogens is 1. The fraction of sp³-hybridized carbons (Fsp3) is 0.269. The van der Waals surface area contributed by atoms with Gasteiger partial charge in [0.15, 0.2) is 10.8 Å². The van der Waals surface area contributed by atoms with Crippen molar-refractivity contribution in [1.29, 1.82) is 0 Å². The molecule has 3 aliphatic rings. The number of carboxylic acids is 1. The fourth-order valence-corrected chi connectivity index (χ4v) is 6.57. The van der Waals surface area contributed by atoms with Crippen molar-refractivity contribution in [2.24, 2.45) is 5.16 Å². The third-order valence-corrected chi connectivity index (χ3v) is 8.72. The van der Waals surface area contributed by atoms with E-state index in [1.165, 1.54) is 29.2 Å². The molecule has 3 aliphatic heterocycles. The maximum Gasteiger partial charge on any atom is 0.493 e. The molecule has 1 aromatic heterocycles. The summed E-state index contributed by atoms with van der Waals surface area (Å²) >= 11 is 1.88. The van der Waals surface area contributed by atoms with E-state index in [4.69, 9.17) is 5.73 Å². The van der Waals surface area contributed by atoms with Crippen LogP contribution in [0.25, 0.3) is 0 Å².